The lowest BCUT2D eigenvalue weighted by Crippen LogP contribution is -2.45. The topological polar surface area (TPSA) is 96.5 Å². The Bertz CT molecular complexity index is 793. The third-order valence-electron chi connectivity index (χ3n) is 3.76. The SMILES string of the molecule is CC(=O)N[C@H](CC(=O)NNC(=O)COc1ccccc1C)c1ccccc1. The van der Waals surface area contributed by atoms with E-state index < -0.39 is 17.9 Å². The van der Waals surface area contributed by atoms with Crippen molar-refractivity contribution in [2.75, 3.05) is 6.61 Å². The Labute approximate surface area is 158 Å². The zero-order chi connectivity index (χ0) is 19.6. The highest BCUT2D eigenvalue weighted by atomic mass is 16.5. The number of carbonyl (C=O) groups excluding carboxylic acids is 3. The lowest BCUT2D eigenvalue weighted by Gasteiger charge is -2.18. The Balaban J connectivity index is 1.82. The van der Waals surface area contributed by atoms with E-state index in [4.69, 9.17) is 4.74 Å². The maximum absolute atomic E-state index is 12.1. The molecule has 0 heterocycles. The molecule has 27 heavy (non-hydrogen) atoms. The van der Waals surface area contributed by atoms with Gasteiger partial charge < -0.3 is 10.1 Å². The molecule has 0 aliphatic heterocycles. The van der Waals surface area contributed by atoms with Crippen LogP contribution >= 0.6 is 0 Å². The van der Waals surface area contributed by atoms with Gasteiger partial charge in [-0.25, -0.2) is 0 Å². The zero-order valence-corrected chi connectivity index (χ0v) is 15.3. The molecular weight excluding hydrogens is 346 g/mol. The Morgan fingerprint density at radius 3 is 2.22 bits per heavy atom. The highest BCUT2D eigenvalue weighted by molar-refractivity contribution is 5.83. The molecule has 2 rings (SSSR count). The molecule has 2 aromatic carbocycles. The van der Waals surface area contributed by atoms with Crippen molar-refractivity contribution < 1.29 is 19.1 Å². The van der Waals surface area contributed by atoms with E-state index in [1.54, 1.807) is 6.07 Å². The van der Waals surface area contributed by atoms with E-state index in [0.717, 1.165) is 11.1 Å². The van der Waals surface area contributed by atoms with Crippen LogP contribution in [0.5, 0.6) is 5.75 Å². The highest BCUT2D eigenvalue weighted by Gasteiger charge is 2.17. The predicted octanol–water partition coefficient (Wildman–Crippen LogP) is 1.79. The summed E-state index contributed by atoms with van der Waals surface area (Å²) >= 11 is 0. The molecule has 7 heteroatoms. The molecule has 3 amide bonds. The van der Waals surface area contributed by atoms with Crippen LogP contribution in [0.4, 0.5) is 0 Å². The number of rotatable bonds is 7. The van der Waals surface area contributed by atoms with Gasteiger partial charge in [-0.3, -0.25) is 25.2 Å². The average molecular weight is 369 g/mol. The molecular formula is C20H23N3O4. The van der Waals surface area contributed by atoms with Crippen molar-refractivity contribution >= 4 is 17.7 Å². The van der Waals surface area contributed by atoms with E-state index in [2.05, 4.69) is 16.2 Å². The monoisotopic (exact) mass is 369 g/mol. The van der Waals surface area contributed by atoms with Crippen LogP contribution in [-0.4, -0.2) is 24.3 Å². The highest BCUT2D eigenvalue weighted by Crippen LogP contribution is 2.17. The van der Waals surface area contributed by atoms with Gasteiger partial charge in [0.15, 0.2) is 6.61 Å². The number of carbonyl (C=O) groups is 3. The molecule has 0 spiro atoms. The molecule has 1 atom stereocenters. The summed E-state index contributed by atoms with van der Waals surface area (Å²) in [6.07, 6.45) is -0.0114. The normalized spacial score (nSPS) is 11.2. The predicted molar refractivity (Wildman–Crippen MR) is 101 cm³/mol. The zero-order valence-electron chi connectivity index (χ0n) is 15.3. The molecule has 0 saturated heterocycles. The molecule has 0 aliphatic carbocycles. The fraction of sp³-hybridized carbons (Fsp3) is 0.250. The van der Waals surface area contributed by atoms with E-state index in [-0.39, 0.29) is 18.9 Å². The van der Waals surface area contributed by atoms with Gasteiger partial charge >= 0.3 is 0 Å². The van der Waals surface area contributed by atoms with Gasteiger partial charge in [-0.05, 0) is 24.1 Å². The Kier molecular flexibility index (Phi) is 7.37. The van der Waals surface area contributed by atoms with Gasteiger partial charge in [-0.15, -0.1) is 0 Å². The summed E-state index contributed by atoms with van der Waals surface area (Å²) in [4.78, 5) is 35.4. The van der Waals surface area contributed by atoms with E-state index in [0.29, 0.717) is 5.75 Å². The quantitative estimate of drug-likeness (QED) is 0.648. The van der Waals surface area contributed by atoms with E-state index in [1.165, 1.54) is 6.92 Å². The summed E-state index contributed by atoms with van der Waals surface area (Å²) in [5, 5.41) is 2.73. The van der Waals surface area contributed by atoms with Crippen molar-refractivity contribution in [1.82, 2.24) is 16.2 Å². The molecule has 0 bridgehead atoms. The summed E-state index contributed by atoms with van der Waals surface area (Å²) in [5.41, 5.74) is 6.36. The second-order valence-electron chi connectivity index (χ2n) is 6.02. The summed E-state index contributed by atoms with van der Waals surface area (Å²) in [6.45, 7) is 3.04. The second-order valence-corrected chi connectivity index (χ2v) is 6.02. The minimum atomic E-state index is -0.484. The second kappa shape index (κ2) is 9.96. The number of hydrazine groups is 1. The molecule has 2 aromatic rings. The number of ether oxygens (including phenoxy) is 1. The smallest absolute Gasteiger partial charge is 0.276 e. The van der Waals surface area contributed by atoms with Crippen LogP contribution < -0.4 is 20.9 Å². The van der Waals surface area contributed by atoms with Gasteiger partial charge in [-0.2, -0.15) is 0 Å². The maximum atomic E-state index is 12.1. The molecule has 0 saturated carbocycles. The molecule has 142 valence electrons. The number of aryl methyl sites for hydroxylation is 1. The van der Waals surface area contributed by atoms with E-state index in [1.807, 2.05) is 55.5 Å². The summed E-state index contributed by atoms with van der Waals surface area (Å²) in [6, 6.07) is 16.0. The number of hydrogen-bond acceptors (Lipinski definition) is 4. The lowest BCUT2D eigenvalue weighted by molar-refractivity contribution is -0.130. The Hall–Kier alpha value is -3.35. The number of hydrogen-bond donors (Lipinski definition) is 3. The van der Waals surface area contributed by atoms with Crippen LogP contribution in [0, 0.1) is 6.92 Å². The lowest BCUT2D eigenvalue weighted by atomic mass is 10.0. The third-order valence-corrected chi connectivity index (χ3v) is 3.76. The van der Waals surface area contributed by atoms with E-state index >= 15 is 0 Å². The van der Waals surface area contributed by atoms with Crippen LogP contribution in [0.2, 0.25) is 0 Å². The fourth-order valence-corrected chi connectivity index (χ4v) is 2.46. The van der Waals surface area contributed by atoms with Crippen molar-refractivity contribution in [3.8, 4) is 5.75 Å². The van der Waals surface area contributed by atoms with Crippen molar-refractivity contribution in [3.05, 3.63) is 65.7 Å². The first-order chi connectivity index (χ1) is 13.0. The summed E-state index contributed by atoms with van der Waals surface area (Å²) < 4.78 is 5.41. The van der Waals surface area contributed by atoms with Crippen LogP contribution in [0.1, 0.15) is 30.5 Å². The maximum Gasteiger partial charge on any atom is 0.276 e. The molecule has 0 aliphatic rings. The average Bonchev–Trinajstić information content (AvgIpc) is 2.65. The standard InChI is InChI=1S/C20H23N3O4/c1-14-8-6-7-11-18(14)27-13-20(26)23-22-19(25)12-17(21-15(2)24)16-9-4-3-5-10-16/h3-11,17H,12-13H2,1-2H3,(H,21,24)(H,22,25)(H,23,26)/t17-/m1/s1. The molecule has 0 fully saturated rings. The molecule has 0 unspecified atom stereocenters. The minimum absolute atomic E-state index is 0.0114. The molecule has 3 N–H and O–H groups in total. The summed E-state index contributed by atoms with van der Waals surface area (Å²) in [5.74, 6) is -0.551. The van der Waals surface area contributed by atoms with Crippen LogP contribution in [0.3, 0.4) is 0 Å². The minimum Gasteiger partial charge on any atom is -0.483 e. The fourth-order valence-electron chi connectivity index (χ4n) is 2.46. The largest absolute Gasteiger partial charge is 0.483 e. The van der Waals surface area contributed by atoms with Crippen LogP contribution in [0.25, 0.3) is 0 Å². The van der Waals surface area contributed by atoms with Gasteiger partial charge in [0.2, 0.25) is 11.8 Å². The van der Waals surface area contributed by atoms with Gasteiger partial charge in [-0.1, -0.05) is 48.5 Å². The Morgan fingerprint density at radius 2 is 1.56 bits per heavy atom. The van der Waals surface area contributed by atoms with Crippen LogP contribution in [-0.2, 0) is 14.4 Å². The van der Waals surface area contributed by atoms with Crippen molar-refractivity contribution in [2.24, 2.45) is 0 Å². The first-order valence-corrected chi connectivity index (χ1v) is 8.54. The van der Waals surface area contributed by atoms with Crippen LogP contribution in [0.15, 0.2) is 54.6 Å². The third kappa shape index (κ3) is 6.81. The number of para-hydroxylation sites is 1. The molecule has 7 nitrogen and oxygen atoms in total. The Morgan fingerprint density at radius 1 is 0.926 bits per heavy atom. The van der Waals surface area contributed by atoms with E-state index in [9.17, 15) is 14.4 Å². The van der Waals surface area contributed by atoms with Crippen molar-refractivity contribution in [1.29, 1.82) is 0 Å². The first kappa shape index (κ1) is 20.0. The molecule has 0 radical (unpaired) electrons. The van der Waals surface area contributed by atoms with Gasteiger partial charge in [0, 0.05) is 6.92 Å². The molecule has 0 aromatic heterocycles. The van der Waals surface area contributed by atoms with Gasteiger partial charge in [0.1, 0.15) is 5.75 Å². The van der Waals surface area contributed by atoms with Gasteiger partial charge in [0.25, 0.3) is 5.91 Å². The first-order valence-electron chi connectivity index (χ1n) is 8.54. The number of nitrogens with one attached hydrogen (secondary N) is 3. The number of amides is 3. The van der Waals surface area contributed by atoms with Crippen molar-refractivity contribution in [2.45, 2.75) is 26.3 Å². The van der Waals surface area contributed by atoms with Crippen molar-refractivity contribution in [3.63, 3.8) is 0 Å². The summed E-state index contributed by atoms with van der Waals surface area (Å²) in [7, 11) is 0. The van der Waals surface area contributed by atoms with Gasteiger partial charge in [0.05, 0.1) is 12.5 Å². The number of benzene rings is 2.